The molecule has 0 aliphatic heterocycles. The maximum absolute atomic E-state index is 12.5. The van der Waals surface area contributed by atoms with Crippen molar-refractivity contribution in [2.24, 2.45) is 0 Å². The largest absolute Gasteiger partial charge is 0.433 e. The summed E-state index contributed by atoms with van der Waals surface area (Å²) in [6.45, 7) is 1.10. The van der Waals surface area contributed by atoms with Crippen LogP contribution in [0, 0.1) is 0 Å². The van der Waals surface area contributed by atoms with Gasteiger partial charge >= 0.3 is 6.18 Å². The van der Waals surface area contributed by atoms with E-state index in [9.17, 15) is 13.2 Å². The average Bonchev–Trinajstić information content (AvgIpc) is 2.28. The summed E-state index contributed by atoms with van der Waals surface area (Å²) in [4.78, 5) is 4.95. The highest BCUT2D eigenvalue weighted by molar-refractivity contribution is 5.66. The van der Waals surface area contributed by atoms with Gasteiger partial charge in [0.2, 0.25) is 0 Å². The second kappa shape index (κ2) is 5.90. The molecule has 1 aromatic rings. The van der Waals surface area contributed by atoms with E-state index in [4.69, 9.17) is 10.5 Å². The third-order valence-electron chi connectivity index (χ3n) is 2.46. The molecule has 0 aliphatic rings. The lowest BCUT2D eigenvalue weighted by Gasteiger charge is -2.21. The molecule has 0 aromatic carbocycles. The van der Waals surface area contributed by atoms with Crippen molar-refractivity contribution >= 4 is 11.4 Å². The Bertz CT molecular complexity index is 396. The molecule has 2 N–H and O–H groups in total. The summed E-state index contributed by atoms with van der Waals surface area (Å²) in [5.41, 5.74) is 5.25. The van der Waals surface area contributed by atoms with Gasteiger partial charge in [-0.1, -0.05) is 0 Å². The number of hydrogen-bond acceptors (Lipinski definition) is 4. The Hall–Kier alpha value is -1.50. The van der Waals surface area contributed by atoms with Crippen molar-refractivity contribution in [2.45, 2.75) is 12.6 Å². The number of halogens is 3. The zero-order chi connectivity index (χ0) is 13.8. The number of nitrogens with two attached hydrogens (primary N) is 1. The van der Waals surface area contributed by atoms with E-state index in [0.717, 1.165) is 12.3 Å². The SMILES string of the molecule is COCCCN(C)c1cc(C(F)(F)F)ncc1N. The number of ether oxygens (including phenoxy) is 1. The number of hydrogen-bond donors (Lipinski definition) is 1. The fraction of sp³-hybridized carbons (Fsp3) is 0.545. The molecule has 0 aliphatic carbocycles. The van der Waals surface area contributed by atoms with Gasteiger partial charge in [0.1, 0.15) is 5.69 Å². The van der Waals surface area contributed by atoms with Crippen molar-refractivity contribution in [3.8, 4) is 0 Å². The first kappa shape index (κ1) is 14.6. The first-order valence-corrected chi connectivity index (χ1v) is 5.39. The minimum absolute atomic E-state index is 0.225. The number of rotatable bonds is 5. The number of nitrogen functional groups attached to an aromatic ring is 1. The lowest BCUT2D eigenvalue weighted by molar-refractivity contribution is -0.141. The third kappa shape index (κ3) is 3.76. The number of alkyl halides is 3. The van der Waals surface area contributed by atoms with Crippen LogP contribution in [-0.4, -0.2) is 32.3 Å². The lowest BCUT2D eigenvalue weighted by atomic mass is 10.2. The van der Waals surface area contributed by atoms with Gasteiger partial charge < -0.3 is 15.4 Å². The fourth-order valence-corrected chi connectivity index (χ4v) is 1.51. The van der Waals surface area contributed by atoms with E-state index in [1.54, 1.807) is 19.1 Å². The molecule has 0 spiro atoms. The van der Waals surface area contributed by atoms with Crippen molar-refractivity contribution in [3.63, 3.8) is 0 Å². The maximum atomic E-state index is 12.5. The monoisotopic (exact) mass is 263 g/mol. The minimum atomic E-state index is -4.46. The molecule has 1 heterocycles. The number of aromatic nitrogens is 1. The van der Waals surface area contributed by atoms with Crippen LogP contribution in [0.2, 0.25) is 0 Å². The van der Waals surface area contributed by atoms with Gasteiger partial charge in [0.05, 0.1) is 17.6 Å². The molecule has 0 saturated heterocycles. The van der Waals surface area contributed by atoms with Crippen LogP contribution in [0.5, 0.6) is 0 Å². The van der Waals surface area contributed by atoms with E-state index in [-0.39, 0.29) is 5.69 Å². The lowest BCUT2D eigenvalue weighted by Crippen LogP contribution is -2.22. The molecule has 0 unspecified atom stereocenters. The van der Waals surface area contributed by atoms with Crippen LogP contribution in [0.15, 0.2) is 12.3 Å². The van der Waals surface area contributed by atoms with Crippen LogP contribution in [0.1, 0.15) is 12.1 Å². The van der Waals surface area contributed by atoms with Gasteiger partial charge in [0.25, 0.3) is 0 Å². The van der Waals surface area contributed by atoms with Crippen LogP contribution in [0.25, 0.3) is 0 Å². The molecule has 0 bridgehead atoms. The first-order valence-electron chi connectivity index (χ1n) is 5.39. The zero-order valence-corrected chi connectivity index (χ0v) is 10.3. The number of methoxy groups -OCH3 is 1. The van der Waals surface area contributed by atoms with Crippen molar-refractivity contribution < 1.29 is 17.9 Å². The van der Waals surface area contributed by atoms with Gasteiger partial charge in [0, 0.05) is 27.3 Å². The van der Waals surface area contributed by atoms with Crippen molar-refractivity contribution in [2.75, 3.05) is 37.9 Å². The molecule has 102 valence electrons. The highest BCUT2D eigenvalue weighted by Gasteiger charge is 2.33. The zero-order valence-electron chi connectivity index (χ0n) is 10.3. The first-order chi connectivity index (χ1) is 8.36. The van der Waals surface area contributed by atoms with E-state index in [0.29, 0.717) is 25.3 Å². The summed E-state index contributed by atoms with van der Waals surface area (Å²) in [5, 5.41) is 0. The second-order valence-corrected chi connectivity index (χ2v) is 3.89. The molecule has 18 heavy (non-hydrogen) atoms. The van der Waals surface area contributed by atoms with Crippen molar-refractivity contribution in [3.05, 3.63) is 18.0 Å². The van der Waals surface area contributed by atoms with Crippen LogP contribution in [0.4, 0.5) is 24.5 Å². The molecule has 0 fully saturated rings. The third-order valence-corrected chi connectivity index (χ3v) is 2.46. The Kier molecular flexibility index (Phi) is 4.77. The van der Waals surface area contributed by atoms with E-state index in [1.165, 1.54) is 0 Å². The van der Waals surface area contributed by atoms with E-state index in [1.807, 2.05) is 0 Å². The summed E-state index contributed by atoms with van der Waals surface area (Å²) in [6.07, 6.45) is -2.73. The Labute approximate surface area is 104 Å². The fourth-order valence-electron chi connectivity index (χ4n) is 1.51. The average molecular weight is 263 g/mol. The van der Waals surface area contributed by atoms with Gasteiger partial charge in [-0.25, -0.2) is 4.98 Å². The summed E-state index contributed by atoms with van der Waals surface area (Å²) in [5.74, 6) is 0. The summed E-state index contributed by atoms with van der Waals surface area (Å²) in [7, 11) is 3.25. The number of nitrogens with zero attached hydrogens (tertiary/aromatic N) is 2. The molecule has 0 amide bonds. The predicted octanol–water partition coefficient (Wildman–Crippen LogP) is 2.16. The van der Waals surface area contributed by atoms with E-state index < -0.39 is 11.9 Å². The van der Waals surface area contributed by atoms with Gasteiger partial charge in [-0.2, -0.15) is 13.2 Å². The van der Waals surface area contributed by atoms with E-state index in [2.05, 4.69) is 4.98 Å². The summed E-state index contributed by atoms with van der Waals surface area (Å²) < 4.78 is 42.5. The number of pyridine rings is 1. The molecule has 0 saturated carbocycles. The highest BCUT2D eigenvalue weighted by Crippen LogP contribution is 2.32. The molecule has 0 atom stereocenters. The molecular formula is C11H16F3N3O. The standard InChI is InChI=1S/C11H16F3N3O/c1-17(4-3-5-18-2)9-6-10(11(12,13)14)16-7-8(9)15/h6-7H,3-5,15H2,1-2H3. The van der Waals surface area contributed by atoms with Crippen molar-refractivity contribution in [1.82, 2.24) is 4.98 Å². The van der Waals surface area contributed by atoms with Gasteiger partial charge in [-0.15, -0.1) is 0 Å². The minimum Gasteiger partial charge on any atom is -0.396 e. The Morgan fingerprint density at radius 3 is 2.67 bits per heavy atom. The van der Waals surface area contributed by atoms with Gasteiger partial charge in [-0.3, -0.25) is 0 Å². The summed E-state index contributed by atoms with van der Waals surface area (Å²) in [6, 6.07) is 0.960. The Morgan fingerprint density at radius 2 is 2.11 bits per heavy atom. The van der Waals surface area contributed by atoms with E-state index >= 15 is 0 Å². The molecule has 4 nitrogen and oxygen atoms in total. The summed E-state index contributed by atoms with van der Waals surface area (Å²) >= 11 is 0. The van der Waals surface area contributed by atoms with Crippen LogP contribution in [-0.2, 0) is 10.9 Å². The van der Waals surface area contributed by atoms with Crippen molar-refractivity contribution in [1.29, 1.82) is 0 Å². The normalized spacial score (nSPS) is 11.6. The second-order valence-electron chi connectivity index (χ2n) is 3.89. The molecule has 1 aromatic heterocycles. The molecule has 7 heteroatoms. The topological polar surface area (TPSA) is 51.4 Å². The maximum Gasteiger partial charge on any atom is 0.433 e. The molecule has 1 rings (SSSR count). The molecule has 0 radical (unpaired) electrons. The smallest absolute Gasteiger partial charge is 0.396 e. The van der Waals surface area contributed by atoms with Gasteiger partial charge in [-0.05, 0) is 12.5 Å². The quantitative estimate of drug-likeness (QED) is 0.827. The van der Waals surface area contributed by atoms with Crippen LogP contribution >= 0.6 is 0 Å². The van der Waals surface area contributed by atoms with Crippen LogP contribution in [0.3, 0.4) is 0 Å². The number of anilines is 2. The highest BCUT2D eigenvalue weighted by atomic mass is 19.4. The van der Waals surface area contributed by atoms with Crippen LogP contribution < -0.4 is 10.6 Å². The molecular weight excluding hydrogens is 247 g/mol. The van der Waals surface area contributed by atoms with Gasteiger partial charge in [0.15, 0.2) is 0 Å². The Balaban J connectivity index is 2.86. The Morgan fingerprint density at radius 1 is 1.44 bits per heavy atom. The predicted molar refractivity (Wildman–Crippen MR) is 63.4 cm³/mol.